The maximum absolute atomic E-state index is 12.7. The zero-order valence-electron chi connectivity index (χ0n) is 31.7. The number of aliphatic hydroxyl groups is 10. The smallest absolute Gasteiger partial charge is 0.309 e. The van der Waals surface area contributed by atoms with Crippen LogP contribution in [0.2, 0.25) is 0 Å². The van der Waals surface area contributed by atoms with Gasteiger partial charge in [0.1, 0.15) is 73.2 Å². The van der Waals surface area contributed by atoms with Crippen LogP contribution in [0, 0.1) is 40.9 Å². The maximum atomic E-state index is 12.7. The van der Waals surface area contributed by atoms with Crippen LogP contribution in [0.25, 0.3) is 0 Å². The summed E-state index contributed by atoms with van der Waals surface area (Å²) in [6, 6.07) is 0. The third kappa shape index (κ3) is 7.08. The number of hydrogen-bond donors (Lipinski definition) is 11. The monoisotopic (exact) mass is 804 g/mol. The van der Waals surface area contributed by atoms with Crippen molar-refractivity contribution >= 4 is 5.97 Å². The third-order valence-corrected chi connectivity index (χ3v) is 14.7. The minimum absolute atomic E-state index is 0.0388. The zero-order chi connectivity index (χ0) is 40.6. The fourth-order valence-corrected chi connectivity index (χ4v) is 11.7. The molecule has 8 aliphatic rings. The summed E-state index contributed by atoms with van der Waals surface area (Å²) in [6.07, 6.45) is -20.9. The Morgan fingerprint density at radius 2 is 1.29 bits per heavy atom. The van der Waals surface area contributed by atoms with E-state index in [2.05, 4.69) is 13.5 Å². The lowest BCUT2D eigenvalue weighted by Crippen LogP contribution is -2.68. The van der Waals surface area contributed by atoms with Crippen LogP contribution in [-0.4, -0.2) is 180 Å². The first kappa shape index (κ1) is 42.7. The number of ether oxygens (including phenoxy) is 6. The van der Waals surface area contributed by atoms with E-state index in [0.29, 0.717) is 32.1 Å². The van der Waals surface area contributed by atoms with Gasteiger partial charge in [0.15, 0.2) is 18.9 Å². The molecule has 320 valence electrons. The van der Waals surface area contributed by atoms with Crippen molar-refractivity contribution in [3.05, 3.63) is 12.2 Å². The Kier molecular flexibility index (Phi) is 12.4. The van der Waals surface area contributed by atoms with Crippen LogP contribution in [-0.2, 0) is 33.2 Å². The average Bonchev–Trinajstić information content (AvgIpc) is 3.32. The number of aliphatic carboxylic acids is 1. The Hall–Kier alpha value is -1.43. The molecular weight excluding hydrogens is 744 g/mol. The van der Waals surface area contributed by atoms with Gasteiger partial charge >= 0.3 is 5.97 Å². The molecule has 0 aromatic carbocycles. The summed E-state index contributed by atoms with van der Waals surface area (Å²) in [5.74, 6) is -0.0857. The van der Waals surface area contributed by atoms with E-state index < -0.39 is 129 Å². The van der Waals surface area contributed by atoms with E-state index in [-0.39, 0.29) is 35.5 Å². The van der Waals surface area contributed by atoms with Crippen molar-refractivity contribution < 1.29 is 89.4 Å². The van der Waals surface area contributed by atoms with E-state index in [1.165, 1.54) is 0 Å². The van der Waals surface area contributed by atoms with Crippen LogP contribution in [0.1, 0.15) is 58.8 Å². The predicted octanol–water partition coefficient (Wildman–Crippen LogP) is -2.66. The highest BCUT2D eigenvalue weighted by atomic mass is 16.8. The summed E-state index contributed by atoms with van der Waals surface area (Å²) in [7, 11) is 0. The SMILES string of the molecule is C=C1CC2C3CC4C(CCC[C@@]4(C)C(=O)O)C2[C@@H](C)C[C@]1(O[C@@H]1O[C@H](CO)[C@@H](O)C(O[C@@H]2O[C@H](CO)[C@@H](O)[C@H](O)[C@H]2O)[C@H]1OC1O[C@H](CO)[C@@H](O)[C@H](O)[C@H]1O)C3. The Labute approximate surface area is 324 Å². The molecule has 0 aromatic heterocycles. The number of aliphatic hydroxyl groups excluding tert-OH is 10. The van der Waals surface area contributed by atoms with E-state index in [1.807, 2.05) is 6.92 Å². The Balaban J connectivity index is 1.25. The van der Waals surface area contributed by atoms with E-state index >= 15 is 0 Å². The molecule has 11 N–H and O–H groups in total. The van der Waals surface area contributed by atoms with Crippen molar-refractivity contribution in [2.45, 2.75) is 157 Å². The lowest BCUT2D eigenvalue weighted by atomic mass is 9.48. The first-order valence-corrected chi connectivity index (χ1v) is 20.0. The molecule has 7 unspecified atom stereocenters. The van der Waals surface area contributed by atoms with Gasteiger partial charge in [-0.3, -0.25) is 4.79 Å². The normalized spacial score (nSPS) is 54.6. The minimum Gasteiger partial charge on any atom is -0.481 e. The van der Waals surface area contributed by atoms with Crippen LogP contribution in [0.4, 0.5) is 0 Å². The first-order valence-electron chi connectivity index (χ1n) is 20.0. The average molecular weight is 805 g/mol. The Bertz CT molecular complexity index is 1420. The van der Waals surface area contributed by atoms with Crippen LogP contribution < -0.4 is 0 Å². The number of carboxylic acid groups (broad SMARTS) is 1. The van der Waals surface area contributed by atoms with E-state index in [4.69, 9.17) is 28.4 Å². The molecule has 23 atom stereocenters. The van der Waals surface area contributed by atoms with E-state index in [0.717, 1.165) is 18.4 Å². The van der Waals surface area contributed by atoms with Gasteiger partial charge in [0, 0.05) is 0 Å². The van der Waals surface area contributed by atoms with Gasteiger partial charge in [-0.05, 0) is 86.5 Å². The maximum Gasteiger partial charge on any atom is 0.309 e. The number of fused-ring (bicyclic) bond motifs is 3. The molecule has 18 nitrogen and oxygen atoms in total. The molecule has 0 spiro atoms. The van der Waals surface area contributed by atoms with Crippen molar-refractivity contribution in [2.75, 3.05) is 19.8 Å². The number of carbonyl (C=O) groups is 1. The number of carboxylic acids is 1. The highest BCUT2D eigenvalue weighted by Crippen LogP contribution is 2.66. The third-order valence-electron chi connectivity index (χ3n) is 14.7. The molecule has 18 heteroatoms. The van der Waals surface area contributed by atoms with Gasteiger partial charge in [-0.2, -0.15) is 0 Å². The largest absolute Gasteiger partial charge is 0.481 e. The van der Waals surface area contributed by atoms with Crippen molar-refractivity contribution in [3.8, 4) is 0 Å². The fourth-order valence-electron chi connectivity index (χ4n) is 11.7. The molecule has 0 radical (unpaired) electrons. The van der Waals surface area contributed by atoms with Crippen molar-refractivity contribution in [1.29, 1.82) is 0 Å². The highest BCUT2D eigenvalue weighted by molar-refractivity contribution is 5.74. The molecule has 3 heterocycles. The van der Waals surface area contributed by atoms with Gasteiger partial charge in [0.2, 0.25) is 0 Å². The molecule has 5 saturated carbocycles. The lowest BCUT2D eigenvalue weighted by molar-refractivity contribution is -0.400. The number of hydrogen-bond acceptors (Lipinski definition) is 17. The first-order chi connectivity index (χ1) is 26.5. The van der Waals surface area contributed by atoms with Gasteiger partial charge in [0.05, 0.1) is 30.8 Å². The van der Waals surface area contributed by atoms with E-state index in [9.17, 15) is 61.0 Å². The molecule has 5 aliphatic carbocycles. The van der Waals surface area contributed by atoms with Crippen LogP contribution in [0.5, 0.6) is 0 Å². The summed E-state index contributed by atoms with van der Waals surface area (Å²) >= 11 is 0. The molecule has 4 bridgehead atoms. The van der Waals surface area contributed by atoms with Gasteiger partial charge < -0.3 is 84.6 Å². The lowest BCUT2D eigenvalue weighted by Gasteiger charge is -2.57. The Morgan fingerprint density at radius 1 is 0.750 bits per heavy atom. The quantitative estimate of drug-likeness (QED) is 0.0794. The summed E-state index contributed by atoms with van der Waals surface area (Å²) in [4.78, 5) is 12.7. The standard InChI is InChI=1S/C38H60O18/c1-14-9-38(10-16-8-19-17(23(14)18(16)7-15(38)2)5-4-6-37(19,3)36(49)50)56-35-32(55-34-30(48)28(46)25(43)21(12-40)52-34)31(26(44)22(13-41)53-35)54-33-29(47)27(45)24(42)20(11-39)51-33/h14,16-35,39-48H,2,4-13H2,1,3H3,(H,49,50)/t14-,16?,17?,18?,19?,20+,21+,22+,23?,24+,25+,26+,27-,28-,29+,30+,31?,32+,33-,34?,35-,37+,38-/m0/s1. The minimum atomic E-state index is -1.92. The fraction of sp³-hybridized carbons (Fsp3) is 0.921. The second-order valence-corrected chi connectivity index (χ2v) is 17.7. The highest BCUT2D eigenvalue weighted by Gasteiger charge is 2.64. The van der Waals surface area contributed by atoms with Crippen LogP contribution >= 0.6 is 0 Å². The molecule has 3 saturated heterocycles. The Morgan fingerprint density at radius 3 is 1.84 bits per heavy atom. The summed E-state index contributed by atoms with van der Waals surface area (Å²) in [5, 5.41) is 116. The predicted molar refractivity (Wildman–Crippen MR) is 187 cm³/mol. The van der Waals surface area contributed by atoms with Gasteiger partial charge in [-0.25, -0.2) is 0 Å². The molecule has 0 amide bonds. The second-order valence-electron chi connectivity index (χ2n) is 17.7. The van der Waals surface area contributed by atoms with Crippen molar-refractivity contribution in [3.63, 3.8) is 0 Å². The van der Waals surface area contributed by atoms with E-state index in [1.54, 1.807) is 0 Å². The second kappa shape index (κ2) is 16.2. The summed E-state index contributed by atoms with van der Waals surface area (Å²) in [5.41, 5.74) is -1.19. The summed E-state index contributed by atoms with van der Waals surface area (Å²) < 4.78 is 36.9. The molecule has 8 rings (SSSR count). The van der Waals surface area contributed by atoms with Crippen LogP contribution in [0.3, 0.4) is 0 Å². The van der Waals surface area contributed by atoms with Gasteiger partial charge in [0.25, 0.3) is 0 Å². The molecular formula is C38H60O18. The van der Waals surface area contributed by atoms with Crippen molar-refractivity contribution in [1.82, 2.24) is 0 Å². The van der Waals surface area contributed by atoms with Gasteiger partial charge in [-0.1, -0.05) is 19.9 Å². The zero-order valence-corrected chi connectivity index (χ0v) is 31.7. The molecule has 8 fully saturated rings. The molecule has 56 heavy (non-hydrogen) atoms. The van der Waals surface area contributed by atoms with Gasteiger partial charge in [-0.15, -0.1) is 0 Å². The number of rotatable bonds is 10. The van der Waals surface area contributed by atoms with Crippen LogP contribution in [0.15, 0.2) is 12.2 Å². The van der Waals surface area contributed by atoms with Crippen molar-refractivity contribution in [2.24, 2.45) is 40.9 Å². The molecule has 3 aliphatic heterocycles. The molecule has 0 aromatic rings. The topological polar surface area (TPSA) is 295 Å². The summed E-state index contributed by atoms with van der Waals surface area (Å²) in [6.45, 7) is 6.17.